The van der Waals surface area contributed by atoms with Crippen LogP contribution in [0.25, 0.3) is 0 Å². The Hall–Kier alpha value is -1.13. The highest BCUT2D eigenvalue weighted by Gasteiger charge is 2.14. The van der Waals surface area contributed by atoms with Gasteiger partial charge in [0.1, 0.15) is 5.82 Å². The van der Waals surface area contributed by atoms with Gasteiger partial charge in [0.15, 0.2) is 0 Å². The van der Waals surface area contributed by atoms with E-state index >= 15 is 0 Å². The first-order valence-corrected chi connectivity index (χ1v) is 6.27. The molecule has 2 N–H and O–H groups in total. The molecule has 1 atom stereocenters. The molecule has 94 valence electrons. The molecule has 1 aromatic rings. The Morgan fingerprint density at radius 1 is 1.47 bits per heavy atom. The maximum absolute atomic E-state index is 6.05. The predicted octanol–water partition coefficient (Wildman–Crippen LogP) is 1.64. The van der Waals surface area contributed by atoms with Gasteiger partial charge in [-0.3, -0.25) is 0 Å². The molecule has 0 aromatic carbocycles. The van der Waals surface area contributed by atoms with E-state index in [4.69, 9.17) is 10.5 Å². The van der Waals surface area contributed by atoms with Crippen LogP contribution in [0.5, 0.6) is 0 Å². The molecular weight excluding hydrogens is 214 g/mol. The van der Waals surface area contributed by atoms with Crippen LogP contribution >= 0.6 is 0 Å². The lowest BCUT2D eigenvalue weighted by atomic mass is 10.0. The summed E-state index contributed by atoms with van der Waals surface area (Å²) in [6.45, 7) is 7.63. The van der Waals surface area contributed by atoms with Crippen molar-refractivity contribution in [2.45, 2.75) is 26.3 Å². The van der Waals surface area contributed by atoms with E-state index in [-0.39, 0.29) is 6.04 Å². The van der Waals surface area contributed by atoms with Gasteiger partial charge < -0.3 is 15.4 Å². The Labute approximate surface area is 103 Å². The number of morpholine rings is 1. The Balaban J connectivity index is 2.17. The van der Waals surface area contributed by atoms with E-state index in [1.54, 1.807) is 0 Å². The van der Waals surface area contributed by atoms with Crippen LogP contribution in [0.4, 0.5) is 5.82 Å². The monoisotopic (exact) mass is 235 g/mol. The van der Waals surface area contributed by atoms with Gasteiger partial charge in [-0.2, -0.15) is 0 Å². The average Bonchev–Trinajstić information content (AvgIpc) is 2.39. The van der Waals surface area contributed by atoms with E-state index in [0.717, 1.165) is 44.1 Å². The van der Waals surface area contributed by atoms with E-state index in [1.807, 2.05) is 6.20 Å². The van der Waals surface area contributed by atoms with E-state index in [2.05, 4.69) is 29.8 Å². The van der Waals surface area contributed by atoms with E-state index in [0.29, 0.717) is 0 Å². The second-order valence-electron chi connectivity index (χ2n) is 4.51. The van der Waals surface area contributed by atoms with Gasteiger partial charge in [-0.05, 0) is 30.5 Å². The number of ether oxygens (including phenoxy) is 1. The summed E-state index contributed by atoms with van der Waals surface area (Å²) in [5, 5.41) is 0. The number of aryl methyl sites for hydroxylation is 1. The first-order chi connectivity index (χ1) is 8.22. The molecule has 1 saturated heterocycles. The van der Waals surface area contributed by atoms with E-state index in [1.165, 1.54) is 5.56 Å². The highest BCUT2D eigenvalue weighted by atomic mass is 16.5. The molecule has 1 fully saturated rings. The SMILES string of the molecule is CCC(N)c1cnc(N2CCOCC2)cc1C. The minimum absolute atomic E-state index is 0.0984. The normalized spacial score (nSPS) is 18.2. The van der Waals surface area contributed by atoms with Gasteiger partial charge in [0.2, 0.25) is 0 Å². The van der Waals surface area contributed by atoms with E-state index in [9.17, 15) is 0 Å². The zero-order chi connectivity index (χ0) is 12.3. The number of hydrogen-bond donors (Lipinski definition) is 1. The van der Waals surface area contributed by atoms with Crippen LogP contribution in [0.3, 0.4) is 0 Å². The number of nitrogens with zero attached hydrogens (tertiary/aromatic N) is 2. The van der Waals surface area contributed by atoms with Crippen molar-refractivity contribution >= 4 is 5.82 Å². The van der Waals surface area contributed by atoms with Gasteiger partial charge in [-0.25, -0.2) is 4.98 Å². The van der Waals surface area contributed by atoms with Crippen molar-refractivity contribution < 1.29 is 4.74 Å². The lowest BCUT2D eigenvalue weighted by Crippen LogP contribution is -2.36. The van der Waals surface area contributed by atoms with Crippen molar-refractivity contribution in [2.75, 3.05) is 31.2 Å². The highest BCUT2D eigenvalue weighted by molar-refractivity contribution is 5.44. The zero-order valence-corrected chi connectivity index (χ0v) is 10.6. The van der Waals surface area contributed by atoms with Crippen molar-refractivity contribution in [1.29, 1.82) is 0 Å². The fourth-order valence-corrected chi connectivity index (χ4v) is 2.13. The summed E-state index contributed by atoms with van der Waals surface area (Å²) < 4.78 is 5.34. The molecule has 0 radical (unpaired) electrons. The van der Waals surface area contributed by atoms with Crippen LogP contribution in [0.2, 0.25) is 0 Å². The molecule has 0 aliphatic carbocycles. The minimum atomic E-state index is 0.0984. The number of rotatable bonds is 3. The Morgan fingerprint density at radius 3 is 2.76 bits per heavy atom. The summed E-state index contributed by atoms with van der Waals surface area (Å²) in [5.74, 6) is 1.04. The molecule has 0 amide bonds. The van der Waals surface area contributed by atoms with Crippen molar-refractivity contribution in [3.05, 3.63) is 23.4 Å². The summed E-state index contributed by atoms with van der Waals surface area (Å²) in [5.41, 5.74) is 8.44. The molecule has 2 heterocycles. The van der Waals surface area contributed by atoms with Crippen LogP contribution in [0.1, 0.15) is 30.5 Å². The largest absolute Gasteiger partial charge is 0.378 e. The van der Waals surface area contributed by atoms with Crippen LogP contribution in [0.15, 0.2) is 12.3 Å². The quantitative estimate of drug-likeness (QED) is 0.865. The Kier molecular flexibility index (Phi) is 3.97. The summed E-state index contributed by atoms with van der Waals surface area (Å²) in [7, 11) is 0. The predicted molar refractivity (Wildman–Crippen MR) is 69.2 cm³/mol. The first kappa shape index (κ1) is 12.3. The van der Waals surface area contributed by atoms with Crippen molar-refractivity contribution in [1.82, 2.24) is 4.98 Å². The molecular formula is C13H21N3O. The average molecular weight is 235 g/mol. The summed E-state index contributed by atoms with van der Waals surface area (Å²) in [6, 6.07) is 2.23. The number of pyridine rings is 1. The van der Waals surface area contributed by atoms with Crippen molar-refractivity contribution in [3.63, 3.8) is 0 Å². The number of nitrogens with two attached hydrogens (primary N) is 1. The third kappa shape index (κ3) is 2.76. The first-order valence-electron chi connectivity index (χ1n) is 6.27. The standard InChI is InChI=1S/C13H21N3O/c1-3-12(14)11-9-15-13(8-10(11)2)16-4-6-17-7-5-16/h8-9,12H,3-7,14H2,1-2H3. The minimum Gasteiger partial charge on any atom is -0.378 e. The molecule has 1 aliphatic heterocycles. The maximum Gasteiger partial charge on any atom is 0.128 e. The number of hydrogen-bond acceptors (Lipinski definition) is 4. The Bertz CT molecular complexity index is 375. The molecule has 0 spiro atoms. The Morgan fingerprint density at radius 2 is 2.18 bits per heavy atom. The number of anilines is 1. The van der Waals surface area contributed by atoms with Crippen LogP contribution < -0.4 is 10.6 Å². The maximum atomic E-state index is 6.05. The lowest BCUT2D eigenvalue weighted by molar-refractivity contribution is 0.122. The highest BCUT2D eigenvalue weighted by Crippen LogP contribution is 2.22. The van der Waals surface area contributed by atoms with Gasteiger partial charge in [0.25, 0.3) is 0 Å². The zero-order valence-electron chi connectivity index (χ0n) is 10.6. The fourth-order valence-electron chi connectivity index (χ4n) is 2.13. The summed E-state index contributed by atoms with van der Waals surface area (Å²) in [4.78, 5) is 6.78. The topological polar surface area (TPSA) is 51.4 Å². The molecule has 1 unspecified atom stereocenters. The molecule has 4 nitrogen and oxygen atoms in total. The molecule has 0 saturated carbocycles. The summed E-state index contributed by atoms with van der Waals surface area (Å²) >= 11 is 0. The van der Waals surface area contributed by atoms with Crippen LogP contribution in [-0.4, -0.2) is 31.3 Å². The van der Waals surface area contributed by atoms with Crippen LogP contribution in [-0.2, 0) is 4.74 Å². The molecule has 0 bridgehead atoms. The molecule has 4 heteroatoms. The van der Waals surface area contributed by atoms with Gasteiger partial charge in [-0.1, -0.05) is 6.92 Å². The van der Waals surface area contributed by atoms with Crippen molar-refractivity contribution in [2.24, 2.45) is 5.73 Å². The third-order valence-electron chi connectivity index (χ3n) is 3.31. The second kappa shape index (κ2) is 5.47. The molecule has 1 aliphatic rings. The van der Waals surface area contributed by atoms with Gasteiger partial charge in [-0.15, -0.1) is 0 Å². The van der Waals surface area contributed by atoms with Crippen LogP contribution in [0, 0.1) is 6.92 Å². The van der Waals surface area contributed by atoms with Gasteiger partial charge >= 0.3 is 0 Å². The van der Waals surface area contributed by atoms with E-state index < -0.39 is 0 Å². The molecule has 2 rings (SSSR count). The molecule has 17 heavy (non-hydrogen) atoms. The second-order valence-corrected chi connectivity index (χ2v) is 4.51. The van der Waals surface area contributed by atoms with Gasteiger partial charge in [0, 0.05) is 25.3 Å². The fraction of sp³-hybridized carbons (Fsp3) is 0.615. The smallest absolute Gasteiger partial charge is 0.128 e. The summed E-state index contributed by atoms with van der Waals surface area (Å²) in [6.07, 6.45) is 2.87. The van der Waals surface area contributed by atoms with Crippen molar-refractivity contribution in [3.8, 4) is 0 Å². The lowest BCUT2D eigenvalue weighted by Gasteiger charge is -2.28. The van der Waals surface area contributed by atoms with Gasteiger partial charge in [0.05, 0.1) is 13.2 Å². The molecule has 1 aromatic heterocycles. The third-order valence-corrected chi connectivity index (χ3v) is 3.31. The number of aromatic nitrogens is 1.